The van der Waals surface area contributed by atoms with Gasteiger partial charge in [-0.1, -0.05) is 79.2 Å². The Morgan fingerprint density at radius 2 is 1.44 bits per heavy atom. The maximum Gasteiger partial charge on any atom is 0.335 e. The summed E-state index contributed by atoms with van der Waals surface area (Å²) >= 11 is 0. The summed E-state index contributed by atoms with van der Waals surface area (Å²) in [4.78, 5) is 38.7. The lowest BCUT2D eigenvalue weighted by Gasteiger charge is -2.68. The lowest BCUT2D eigenvalue weighted by atomic mass is 9.36. The fraction of sp³-hybridized carbons (Fsp3) is 0.635. The molecule has 3 N–H and O–H groups in total. The molecule has 0 heterocycles. The minimum Gasteiger partial charge on any atom is -0.481 e. The van der Waals surface area contributed by atoms with Crippen LogP contribution < -0.4 is 5.32 Å². The van der Waals surface area contributed by atoms with Gasteiger partial charge in [0.2, 0.25) is 5.91 Å². The van der Waals surface area contributed by atoms with E-state index < -0.39 is 11.9 Å². The van der Waals surface area contributed by atoms with E-state index in [-0.39, 0.29) is 22.7 Å². The van der Waals surface area contributed by atoms with E-state index in [0.717, 1.165) is 50.8 Å². The molecule has 0 saturated heterocycles. The number of aliphatic carboxylic acids is 1. The lowest BCUT2D eigenvalue weighted by Crippen LogP contribution is -2.62. The minimum atomic E-state index is -0.878. The summed E-state index contributed by atoms with van der Waals surface area (Å²) in [5.41, 5.74) is 3.20. The van der Waals surface area contributed by atoms with Crippen molar-refractivity contribution in [3.05, 3.63) is 54.1 Å². The van der Waals surface area contributed by atoms with Crippen molar-refractivity contribution < 1.29 is 24.6 Å². The Kier molecular flexibility index (Phi) is 21.6. The van der Waals surface area contributed by atoms with Crippen molar-refractivity contribution >= 4 is 23.4 Å². The maximum atomic E-state index is 14.0. The Bertz CT molecular complexity index is 1590. The van der Waals surface area contributed by atoms with Gasteiger partial charge in [-0.05, 0) is 153 Å². The van der Waals surface area contributed by atoms with Crippen molar-refractivity contribution in [3.63, 3.8) is 0 Å². The molecule has 0 aromatic heterocycles. The zero-order chi connectivity index (χ0) is 45.2. The van der Waals surface area contributed by atoms with Crippen LogP contribution in [0.1, 0.15) is 148 Å². The third-order valence-electron chi connectivity index (χ3n) is 15.0. The molecule has 326 valence electrons. The Balaban J connectivity index is 0.00000145. The fourth-order valence-electron chi connectivity index (χ4n) is 12.9. The third-order valence-corrected chi connectivity index (χ3v) is 15.0. The van der Waals surface area contributed by atoms with E-state index in [9.17, 15) is 19.5 Å². The van der Waals surface area contributed by atoms with Gasteiger partial charge in [0.25, 0.3) is 0 Å². The molecule has 0 aliphatic heterocycles. The van der Waals surface area contributed by atoms with Crippen LogP contribution in [0.5, 0.6) is 0 Å². The topological polar surface area (TPSA) is 107 Å². The molecule has 0 bridgehead atoms. The summed E-state index contributed by atoms with van der Waals surface area (Å²) in [6.07, 6.45) is 40.9. The molecule has 0 spiro atoms. The van der Waals surface area contributed by atoms with Gasteiger partial charge < -0.3 is 20.4 Å². The molecule has 7 nitrogen and oxygen atoms in total. The van der Waals surface area contributed by atoms with Gasteiger partial charge in [-0.3, -0.25) is 9.59 Å². The van der Waals surface area contributed by atoms with Gasteiger partial charge in [0.15, 0.2) is 0 Å². The number of carboxylic acids is 2. The quantitative estimate of drug-likeness (QED) is 0.117. The summed E-state index contributed by atoms with van der Waals surface area (Å²) in [5.74, 6) is 1.71. The molecule has 4 saturated carbocycles. The predicted octanol–water partition coefficient (Wildman–Crippen LogP) is 11.1. The molecule has 7 heteroatoms. The molecule has 4 unspecified atom stereocenters. The molecule has 5 aliphatic rings. The van der Waals surface area contributed by atoms with Gasteiger partial charge in [-0.15, -0.1) is 45.1 Å². The van der Waals surface area contributed by atoms with Crippen LogP contribution in [0.3, 0.4) is 0 Å². The normalized spacial score (nSPS) is 30.2. The Labute approximate surface area is 359 Å². The molecule has 4 fully saturated rings. The minimum absolute atomic E-state index is 0.00555. The van der Waals surface area contributed by atoms with Crippen LogP contribution in [-0.4, -0.2) is 59.1 Å². The number of aromatic carboxylic acids is 1. The zero-order valence-electron chi connectivity index (χ0n) is 37.9. The van der Waals surface area contributed by atoms with Crippen LogP contribution >= 0.6 is 0 Å². The first-order valence-corrected chi connectivity index (χ1v) is 22.0. The van der Waals surface area contributed by atoms with E-state index in [2.05, 4.69) is 96.0 Å². The Morgan fingerprint density at radius 1 is 0.831 bits per heavy atom. The highest BCUT2D eigenvalue weighted by Gasteiger charge is 2.66. The van der Waals surface area contributed by atoms with Gasteiger partial charge in [0, 0.05) is 13.1 Å². The molecule has 0 radical (unpaired) electrons. The Morgan fingerprint density at radius 3 is 2.00 bits per heavy atom. The molecule has 5 aliphatic carbocycles. The van der Waals surface area contributed by atoms with Crippen LogP contribution in [0.4, 0.5) is 0 Å². The summed E-state index contributed by atoms with van der Waals surface area (Å²) in [6.45, 7) is 24.3. The highest BCUT2D eigenvalue weighted by atomic mass is 16.4. The van der Waals surface area contributed by atoms with Crippen LogP contribution in [0.25, 0.3) is 5.57 Å². The van der Waals surface area contributed by atoms with Crippen molar-refractivity contribution in [1.29, 1.82) is 0 Å². The van der Waals surface area contributed by atoms with E-state index in [1.54, 1.807) is 18.2 Å². The molecule has 1 amide bonds. The summed E-state index contributed by atoms with van der Waals surface area (Å²) < 4.78 is 0. The maximum absolute atomic E-state index is 14.0. The molecule has 1 aromatic rings. The number of rotatable bonds is 11. The van der Waals surface area contributed by atoms with Crippen molar-refractivity contribution in [2.24, 2.45) is 51.2 Å². The highest BCUT2D eigenvalue weighted by Crippen LogP contribution is 2.73. The standard InChI is InChI=1S/C41H60N2O5.C3H6.C2H6.3C2H2/c1-6-43(26-19-35(44)45)25-8-24-42-37(48)41-20-7-9-32(41)29-14-15-34-39(4,31(29)17-23-41)22-18-33-38(2,3)30(16-21-40(33,34)5)27-10-12-28(13-11-27)36(46)47;1-3-2;4*1-2/h10-13,16,29,31-34H,6-9,14-15,17-26H2,1-5H3,(H,42,48)(H,44,45)(H,46,47);3H,1H2,2H3;1-2H3;3*1-2H/t29-,31?,32?,33?,34?,39-,40-,41-;;;;;/m0...../s1. The average Bonchev–Trinajstić information content (AvgIpc) is 3.70. The first-order valence-electron chi connectivity index (χ1n) is 22.0. The summed E-state index contributed by atoms with van der Waals surface area (Å²) in [6, 6.07) is 7.51. The number of hydrogen-bond donors (Lipinski definition) is 3. The van der Waals surface area contributed by atoms with Crippen LogP contribution in [-0.2, 0) is 9.59 Å². The number of hydrogen-bond acceptors (Lipinski definition) is 4. The monoisotopic (exact) mass is 811 g/mol. The molecule has 59 heavy (non-hydrogen) atoms. The van der Waals surface area contributed by atoms with Gasteiger partial charge in [0.1, 0.15) is 0 Å². The average molecular weight is 811 g/mol. The van der Waals surface area contributed by atoms with E-state index in [1.807, 2.05) is 32.9 Å². The fourth-order valence-corrected chi connectivity index (χ4v) is 12.9. The number of carbonyl (C=O) groups excluding carboxylic acids is 1. The Hall–Kier alpha value is -4.25. The van der Waals surface area contributed by atoms with E-state index >= 15 is 0 Å². The molecular weight excluding hydrogens is 733 g/mol. The number of nitrogens with one attached hydrogen (secondary N) is 1. The first kappa shape index (κ1) is 52.8. The van der Waals surface area contributed by atoms with Gasteiger partial charge >= 0.3 is 11.9 Å². The van der Waals surface area contributed by atoms with Crippen molar-refractivity contribution in [2.75, 3.05) is 26.2 Å². The van der Waals surface area contributed by atoms with E-state index in [0.29, 0.717) is 59.6 Å². The number of benzene rings is 1. The number of allylic oxidation sites excluding steroid dienone is 3. The van der Waals surface area contributed by atoms with Gasteiger partial charge in [0.05, 0.1) is 17.4 Å². The second kappa shape index (κ2) is 24.1. The second-order valence-electron chi connectivity index (χ2n) is 17.7. The van der Waals surface area contributed by atoms with Crippen molar-refractivity contribution in [3.8, 4) is 38.5 Å². The predicted molar refractivity (Wildman–Crippen MR) is 246 cm³/mol. The van der Waals surface area contributed by atoms with Crippen LogP contribution in [0.15, 0.2) is 43.0 Å². The number of amides is 1. The molecule has 1 aromatic carbocycles. The molecule has 8 atom stereocenters. The van der Waals surface area contributed by atoms with E-state index in [1.165, 1.54) is 44.1 Å². The molecule has 6 rings (SSSR count). The number of fused-ring (bicyclic) bond motifs is 7. The van der Waals surface area contributed by atoms with Crippen LogP contribution in [0.2, 0.25) is 0 Å². The van der Waals surface area contributed by atoms with Gasteiger partial charge in [-0.25, -0.2) is 4.79 Å². The summed E-state index contributed by atoms with van der Waals surface area (Å²) in [5, 5.41) is 21.9. The van der Waals surface area contributed by atoms with Crippen LogP contribution in [0, 0.1) is 89.8 Å². The largest absolute Gasteiger partial charge is 0.481 e. The SMILES string of the molecule is C#C.C#C.C#C.C=CC.CC.CCN(CCCNC(=O)[C@]12CCCC1[C@H]1CCC3[C@@](C)(CCC4C(C)(C)C(c5ccc(C(=O)O)cc5)=CC[C@@]43C)C1CC2)CCC(=O)O. The number of carbonyl (C=O) groups is 3. The smallest absolute Gasteiger partial charge is 0.335 e. The number of terminal acetylenes is 3. The highest BCUT2D eigenvalue weighted by molar-refractivity contribution is 5.88. The zero-order valence-corrected chi connectivity index (χ0v) is 37.9. The van der Waals surface area contributed by atoms with Crippen molar-refractivity contribution in [2.45, 2.75) is 132 Å². The summed E-state index contributed by atoms with van der Waals surface area (Å²) in [7, 11) is 0. The van der Waals surface area contributed by atoms with Crippen molar-refractivity contribution in [1.82, 2.24) is 10.2 Å². The van der Waals surface area contributed by atoms with E-state index in [4.69, 9.17) is 5.11 Å². The third kappa shape index (κ3) is 11.1. The molecular formula is C52H78N2O5. The number of carboxylic acid groups (broad SMARTS) is 2. The number of nitrogens with zero attached hydrogens (tertiary/aromatic N) is 1. The lowest BCUT2D eigenvalue weighted by molar-refractivity contribution is -0.181. The first-order chi connectivity index (χ1) is 28.2. The van der Waals surface area contributed by atoms with Gasteiger partial charge in [-0.2, -0.15) is 0 Å². The second-order valence-corrected chi connectivity index (χ2v) is 17.7.